The highest BCUT2D eigenvalue weighted by atomic mass is 35.5. The number of anilines is 1. The molecule has 0 fully saturated rings. The Morgan fingerprint density at radius 3 is 2.70 bits per heavy atom. The van der Waals surface area contributed by atoms with Crippen LogP contribution in [0.2, 0.25) is 5.02 Å². The monoisotopic (exact) mass is 312 g/mol. The molecule has 1 heterocycles. The van der Waals surface area contributed by atoms with Crippen molar-refractivity contribution in [3.8, 4) is 0 Å². The Hall–Kier alpha value is -1.67. The highest BCUT2D eigenvalue weighted by molar-refractivity contribution is 7.89. The lowest BCUT2D eigenvalue weighted by atomic mass is 10.2. The molecule has 0 aliphatic carbocycles. The van der Waals surface area contributed by atoms with Gasteiger partial charge in [-0.1, -0.05) is 29.8 Å². The summed E-state index contributed by atoms with van der Waals surface area (Å²) in [5.74, 6) is 5.29. The van der Waals surface area contributed by atoms with Crippen LogP contribution in [-0.2, 0) is 16.6 Å². The summed E-state index contributed by atoms with van der Waals surface area (Å²) < 4.78 is 26.9. The van der Waals surface area contributed by atoms with Gasteiger partial charge in [0.15, 0.2) is 0 Å². The van der Waals surface area contributed by atoms with E-state index >= 15 is 0 Å². The first-order chi connectivity index (χ1) is 9.54. The number of nitrogens with one attached hydrogen (secondary N) is 2. The van der Waals surface area contributed by atoms with Crippen LogP contribution in [0.15, 0.2) is 47.6 Å². The number of nitrogens with two attached hydrogens (primary N) is 1. The molecule has 8 heteroatoms. The van der Waals surface area contributed by atoms with Gasteiger partial charge in [0, 0.05) is 24.0 Å². The van der Waals surface area contributed by atoms with Crippen LogP contribution in [0.25, 0.3) is 0 Å². The minimum absolute atomic E-state index is 0.0189. The van der Waals surface area contributed by atoms with Gasteiger partial charge in [0.1, 0.15) is 4.90 Å². The third-order valence-corrected chi connectivity index (χ3v) is 4.44. The number of nitrogen functional groups attached to an aromatic ring is 1. The fourth-order valence-corrected chi connectivity index (χ4v) is 2.93. The molecular weight excluding hydrogens is 300 g/mol. The SMILES string of the molecule is NNc1ccncc1S(=O)(=O)NCc1ccccc1Cl. The Kier molecular flexibility index (Phi) is 4.56. The zero-order valence-corrected chi connectivity index (χ0v) is 11.9. The molecule has 20 heavy (non-hydrogen) atoms. The molecule has 1 aromatic carbocycles. The van der Waals surface area contributed by atoms with Gasteiger partial charge in [0.2, 0.25) is 10.0 Å². The molecule has 0 unspecified atom stereocenters. The van der Waals surface area contributed by atoms with Gasteiger partial charge in [0.05, 0.1) is 5.69 Å². The van der Waals surface area contributed by atoms with Crippen molar-refractivity contribution in [2.24, 2.45) is 5.84 Å². The number of hydrazine groups is 1. The van der Waals surface area contributed by atoms with Gasteiger partial charge < -0.3 is 5.43 Å². The Bertz CT molecular complexity index is 706. The van der Waals surface area contributed by atoms with E-state index in [0.717, 1.165) is 0 Å². The van der Waals surface area contributed by atoms with Crippen LogP contribution in [0.1, 0.15) is 5.56 Å². The van der Waals surface area contributed by atoms with E-state index in [9.17, 15) is 8.42 Å². The van der Waals surface area contributed by atoms with Gasteiger partial charge in [-0.3, -0.25) is 10.8 Å². The number of benzene rings is 1. The molecule has 106 valence electrons. The Labute approximate surface area is 122 Å². The smallest absolute Gasteiger partial charge is 0.244 e. The molecule has 2 aromatic rings. The molecule has 0 aliphatic rings. The number of nitrogens with zero attached hydrogens (tertiary/aromatic N) is 1. The van der Waals surface area contributed by atoms with Crippen molar-refractivity contribution in [1.29, 1.82) is 0 Å². The fraction of sp³-hybridized carbons (Fsp3) is 0.0833. The molecular formula is C12H13ClN4O2S. The van der Waals surface area contributed by atoms with E-state index in [2.05, 4.69) is 15.1 Å². The Balaban J connectivity index is 2.22. The van der Waals surface area contributed by atoms with Crippen LogP contribution in [0.5, 0.6) is 0 Å². The van der Waals surface area contributed by atoms with Crippen molar-refractivity contribution >= 4 is 27.3 Å². The summed E-state index contributed by atoms with van der Waals surface area (Å²) in [6, 6.07) is 8.48. The molecule has 0 radical (unpaired) electrons. The van der Waals surface area contributed by atoms with E-state index in [1.165, 1.54) is 18.5 Å². The van der Waals surface area contributed by atoms with Crippen LogP contribution in [0, 0.1) is 0 Å². The highest BCUT2D eigenvalue weighted by Crippen LogP contribution is 2.20. The largest absolute Gasteiger partial charge is 0.323 e. The predicted molar refractivity (Wildman–Crippen MR) is 77.5 cm³/mol. The minimum Gasteiger partial charge on any atom is -0.323 e. The molecule has 0 aliphatic heterocycles. The third kappa shape index (κ3) is 3.26. The first kappa shape index (κ1) is 14.7. The van der Waals surface area contributed by atoms with E-state index in [-0.39, 0.29) is 17.1 Å². The molecule has 0 amide bonds. The maximum Gasteiger partial charge on any atom is 0.244 e. The molecule has 0 bridgehead atoms. The second-order valence-electron chi connectivity index (χ2n) is 3.93. The van der Waals surface area contributed by atoms with Gasteiger partial charge in [-0.2, -0.15) is 0 Å². The third-order valence-electron chi connectivity index (χ3n) is 2.64. The van der Waals surface area contributed by atoms with Gasteiger partial charge >= 0.3 is 0 Å². The Morgan fingerprint density at radius 1 is 1.25 bits per heavy atom. The summed E-state index contributed by atoms with van der Waals surface area (Å²) in [6.07, 6.45) is 2.67. The average Bonchev–Trinajstić information content (AvgIpc) is 2.46. The second kappa shape index (κ2) is 6.19. The van der Waals surface area contributed by atoms with Crippen LogP contribution in [0.3, 0.4) is 0 Å². The van der Waals surface area contributed by atoms with E-state index in [1.807, 2.05) is 0 Å². The van der Waals surface area contributed by atoms with Crippen LogP contribution < -0.4 is 16.0 Å². The zero-order valence-electron chi connectivity index (χ0n) is 10.4. The quantitative estimate of drug-likeness (QED) is 0.574. The molecule has 4 N–H and O–H groups in total. The van der Waals surface area contributed by atoms with Crippen molar-refractivity contribution in [2.75, 3.05) is 5.43 Å². The lowest BCUT2D eigenvalue weighted by Crippen LogP contribution is -2.25. The lowest BCUT2D eigenvalue weighted by molar-refractivity contribution is 0.581. The number of rotatable bonds is 5. The van der Waals surface area contributed by atoms with Gasteiger partial charge in [-0.05, 0) is 17.7 Å². The highest BCUT2D eigenvalue weighted by Gasteiger charge is 2.18. The molecule has 0 atom stereocenters. The first-order valence-electron chi connectivity index (χ1n) is 5.68. The van der Waals surface area contributed by atoms with E-state index < -0.39 is 10.0 Å². The average molecular weight is 313 g/mol. The summed E-state index contributed by atoms with van der Waals surface area (Å²) in [5.41, 5.74) is 3.28. The van der Waals surface area contributed by atoms with Crippen molar-refractivity contribution < 1.29 is 8.42 Å². The van der Waals surface area contributed by atoms with Crippen LogP contribution in [0.4, 0.5) is 5.69 Å². The summed E-state index contributed by atoms with van der Waals surface area (Å²) >= 11 is 5.98. The number of pyridine rings is 1. The number of hydrogen-bond acceptors (Lipinski definition) is 5. The van der Waals surface area contributed by atoms with Gasteiger partial charge in [-0.15, -0.1) is 0 Å². The second-order valence-corrected chi connectivity index (χ2v) is 6.07. The first-order valence-corrected chi connectivity index (χ1v) is 7.54. The topological polar surface area (TPSA) is 97.1 Å². The summed E-state index contributed by atoms with van der Waals surface area (Å²) in [7, 11) is -3.73. The molecule has 2 rings (SSSR count). The number of hydrogen-bond donors (Lipinski definition) is 3. The van der Waals surface area contributed by atoms with Crippen molar-refractivity contribution in [3.05, 3.63) is 53.3 Å². The number of halogens is 1. The summed E-state index contributed by atoms with van der Waals surface area (Å²) in [5, 5.41) is 0.499. The zero-order chi connectivity index (χ0) is 14.6. The van der Waals surface area contributed by atoms with E-state index in [4.69, 9.17) is 17.4 Å². The van der Waals surface area contributed by atoms with Crippen molar-refractivity contribution in [1.82, 2.24) is 9.71 Å². The molecule has 6 nitrogen and oxygen atoms in total. The van der Waals surface area contributed by atoms with Crippen molar-refractivity contribution in [3.63, 3.8) is 0 Å². The van der Waals surface area contributed by atoms with Crippen molar-refractivity contribution in [2.45, 2.75) is 11.4 Å². The minimum atomic E-state index is -3.73. The summed E-state index contributed by atoms with van der Waals surface area (Å²) in [6.45, 7) is 0.0842. The standard InChI is InChI=1S/C12H13ClN4O2S/c13-10-4-2-1-3-9(10)7-16-20(18,19)12-8-15-6-5-11(12)17-14/h1-6,8,16H,7,14H2,(H,15,17). The molecule has 1 aromatic heterocycles. The predicted octanol–water partition coefficient (Wildman–Crippen LogP) is 1.50. The van der Waals surface area contributed by atoms with Crippen LogP contribution >= 0.6 is 11.6 Å². The van der Waals surface area contributed by atoms with Gasteiger partial charge in [0.25, 0.3) is 0 Å². The summed E-state index contributed by atoms with van der Waals surface area (Å²) in [4.78, 5) is 3.77. The number of aromatic nitrogens is 1. The van der Waals surface area contributed by atoms with E-state index in [0.29, 0.717) is 10.6 Å². The maximum absolute atomic E-state index is 12.2. The molecule has 0 saturated carbocycles. The maximum atomic E-state index is 12.2. The normalized spacial score (nSPS) is 11.3. The Morgan fingerprint density at radius 2 is 2.00 bits per heavy atom. The van der Waals surface area contributed by atoms with E-state index in [1.54, 1.807) is 24.3 Å². The molecule has 0 spiro atoms. The molecule has 0 saturated heterocycles. The lowest BCUT2D eigenvalue weighted by Gasteiger charge is -2.11. The van der Waals surface area contributed by atoms with Crippen LogP contribution in [-0.4, -0.2) is 13.4 Å². The fourth-order valence-electron chi connectivity index (χ4n) is 1.61. The number of sulfonamides is 1. The van der Waals surface area contributed by atoms with Gasteiger partial charge in [-0.25, -0.2) is 13.1 Å².